The number of hydrogen-bond acceptors (Lipinski definition) is 4. The Bertz CT molecular complexity index is 952. The number of halogens is 1. The Morgan fingerprint density at radius 3 is 2.96 bits per heavy atom. The Morgan fingerprint density at radius 2 is 2.12 bits per heavy atom. The van der Waals surface area contributed by atoms with Crippen molar-refractivity contribution in [2.24, 2.45) is 4.99 Å². The third-order valence-corrected chi connectivity index (χ3v) is 4.91. The molecule has 5 rings (SSSR count). The Morgan fingerprint density at radius 1 is 1.20 bits per heavy atom. The molecule has 25 heavy (non-hydrogen) atoms. The third kappa shape index (κ3) is 2.82. The molecule has 1 N–H and O–H groups in total. The van der Waals surface area contributed by atoms with Gasteiger partial charge in [0.1, 0.15) is 11.7 Å². The molecule has 1 fully saturated rings. The highest BCUT2D eigenvalue weighted by Crippen LogP contribution is 2.39. The predicted molar refractivity (Wildman–Crippen MR) is 97.8 cm³/mol. The maximum absolute atomic E-state index is 6.16. The van der Waals surface area contributed by atoms with E-state index in [1.165, 1.54) is 18.5 Å². The van der Waals surface area contributed by atoms with Crippen LogP contribution in [0, 0.1) is 0 Å². The number of hydrogen-bond donors (Lipinski definition) is 1. The summed E-state index contributed by atoms with van der Waals surface area (Å²) in [7, 11) is 0. The van der Waals surface area contributed by atoms with Gasteiger partial charge in [0.15, 0.2) is 5.82 Å². The number of imidazole rings is 1. The van der Waals surface area contributed by atoms with Gasteiger partial charge in [0.05, 0.1) is 13.1 Å². The standard InChI is InChI=1S/C18H17ClN6/c19-13-2-1-3-14(8-13)24-10-17-20-6-7-25(17)18(11-24)21-16-9-15(22-23-16)12-4-5-12/h1-3,6-9,12H,4-5,10-11H2,(H,22,23). The largest absolute Gasteiger partial charge is 0.357 e. The molecule has 1 aromatic carbocycles. The molecule has 6 nitrogen and oxygen atoms in total. The molecule has 1 aliphatic carbocycles. The first-order valence-electron chi connectivity index (χ1n) is 8.42. The summed E-state index contributed by atoms with van der Waals surface area (Å²) in [6.45, 7) is 1.40. The smallest absolute Gasteiger partial charge is 0.175 e. The average Bonchev–Trinajstić information content (AvgIpc) is 3.16. The molecule has 0 radical (unpaired) electrons. The second kappa shape index (κ2) is 5.74. The van der Waals surface area contributed by atoms with Crippen LogP contribution in [0.25, 0.3) is 0 Å². The van der Waals surface area contributed by atoms with Gasteiger partial charge in [0.2, 0.25) is 0 Å². The lowest BCUT2D eigenvalue weighted by atomic mass is 10.2. The fraction of sp³-hybridized carbons (Fsp3) is 0.278. The van der Waals surface area contributed by atoms with E-state index < -0.39 is 0 Å². The molecule has 1 saturated carbocycles. The van der Waals surface area contributed by atoms with Crippen LogP contribution in [0.15, 0.2) is 47.7 Å². The van der Waals surface area contributed by atoms with Gasteiger partial charge in [-0.3, -0.25) is 9.67 Å². The van der Waals surface area contributed by atoms with Crippen molar-refractivity contribution >= 4 is 28.9 Å². The van der Waals surface area contributed by atoms with Crippen molar-refractivity contribution in [1.82, 2.24) is 19.7 Å². The van der Waals surface area contributed by atoms with Gasteiger partial charge < -0.3 is 4.90 Å². The summed E-state index contributed by atoms with van der Waals surface area (Å²) in [5.74, 6) is 3.24. The first-order valence-corrected chi connectivity index (χ1v) is 8.80. The Hall–Kier alpha value is -2.60. The van der Waals surface area contributed by atoms with Gasteiger partial charge >= 0.3 is 0 Å². The van der Waals surface area contributed by atoms with Gasteiger partial charge in [0.25, 0.3) is 0 Å². The number of aromatic nitrogens is 4. The van der Waals surface area contributed by atoms with E-state index in [2.05, 4.69) is 32.2 Å². The van der Waals surface area contributed by atoms with E-state index in [1.807, 2.05) is 35.2 Å². The number of fused-ring (bicyclic) bond motifs is 1. The fourth-order valence-corrected chi connectivity index (χ4v) is 3.41. The summed E-state index contributed by atoms with van der Waals surface area (Å²) in [5.41, 5.74) is 2.25. The zero-order valence-electron chi connectivity index (χ0n) is 13.6. The second-order valence-electron chi connectivity index (χ2n) is 6.53. The SMILES string of the molecule is Clc1cccc(N2CC(=Nc3cc(C4CC4)[nH]n3)n3ccnc3C2)c1. The fourth-order valence-electron chi connectivity index (χ4n) is 3.22. The van der Waals surface area contributed by atoms with Crippen LogP contribution < -0.4 is 4.90 Å². The highest BCUT2D eigenvalue weighted by atomic mass is 35.5. The molecule has 0 atom stereocenters. The summed E-state index contributed by atoms with van der Waals surface area (Å²) >= 11 is 6.16. The first kappa shape index (κ1) is 14.7. The topological polar surface area (TPSA) is 62.1 Å². The number of benzene rings is 1. The lowest BCUT2D eigenvalue weighted by Gasteiger charge is -2.30. The minimum absolute atomic E-state index is 0.638. The molecule has 0 bridgehead atoms. The zero-order chi connectivity index (χ0) is 16.8. The Labute approximate surface area is 150 Å². The zero-order valence-corrected chi connectivity index (χ0v) is 14.3. The van der Waals surface area contributed by atoms with Crippen molar-refractivity contribution in [1.29, 1.82) is 0 Å². The summed E-state index contributed by atoms with van der Waals surface area (Å²) in [4.78, 5) is 11.5. The molecule has 7 heteroatoms. The molecule has 2 aliphatic rings. The van der Waals surface area contributed by atoms with Gasteiger partial charge in [-0.1, -0.05) is 17.7 Å². The summed E-state index contributed by atoms with van der Waals surface area (Å²) in [5, 5.41) is 8.20. The average molecular weight is 353 g/mol. The third-order valence-electron chi connectivity index (χ3n) is 4.68. The Kier molecular flexibility index (Phi) is 3.38. The molecular weight excluding hydrogens is 336 g/mol. The van der Waals surface area contributed by atoms with Gasteiger partial charge in [-0.25, -0.2) is 9.98 Å². The van der Waals surface area contributed by atoms with E-state index >= 15 is 0 Å². The minimum atomic E-state index is 0.638. The lowest BCUT2D eigenvalue weighted by molar-refractivity contribution is 0.753. The highest BCUT2D eigenvalue weighted by Gasteiger charge is 2.26. The highest BCUT2D eigenvalue weighted by molar-refractivity contribution is 6.30. The first-order chi connectivity index (χ1) is 12.3. The number of nitrogens with one attached hydrogen (secondary N) is 1. The van der Waals surface area contributed by atoms with Crippen LogP contribution in [-0.4, -0.2) is 32.1 Å². The van der Waals surface area contributed by atoms with Crippen LogP contribution in [-0.2, 0) is 6.54 Å². The van der Waals surface area contributed by atoms with Crippen molar-refractivity contribution in [3.63, 3.8) is 0 Å². The molecule has 126 valence electrons. The number of H-pyrrole nitrogens is 1. The van der Waals surface area contributed by atoms with Crippen LogP contribution in [0.2, 0.25) is 5.02 Å². The van der Waals surface area contributed by atoms with E-state index in [-0.39, 0.29) is 0 Å². The van der Waals surface area contributed by atoms with Crippen LogP contribution in [0.4, 0.5) is 11.5 Å². The van der Waals surface area contributed by atoms with Crippen LogP contribution >= 0.6 is 11.6 Å². The van der Waals surface area contributed by atoms with E-state index in [0.29, 0.717) is 12.5 Å². The van der Waals surface area contributed by atoms with Crippen molar-refractivity contribution in [3.05, 3.63) is 59.3 Å². The molecule has 0 spiro atoms. The van der Waals surface area contributed by atoms with Gasteiger partial charge in [-0.15, -0.1) is 0 Å². The van der Waals surface area contributed by atoms with Crippen molar-refractivity contribution in [2.45, 2.75) is 25.3 Å². The van der Waals surface area contributed by atoms with Crippen LogP contribution in [0.3, 0.4) is 0 Å². The van der Waals surface area contributed by atoms with Gasteiger partial charge in [-0.2, -0.15) is 5.10 Å². The number of anilines is 1. The Balaban J connectivity index is 1.50. The molecule has 0 unspecified atom stereocenters. The molecule has 3 heterocycles. The second-order valence-corrected chi connectivity index (χ2v) is 6.97. The van der Waals surface area contributed by atoms with Crippen molar-refractivity contribution in [2.75, 3.05) is 11.4 Å². The number of aliphatic imine (C=N–C) groups is 1. The summed E-state index contributed by atoms with van der Waals surface area (Å²) in [6.07, 6.45) is 6.25. The minimum Gasteiger partial charge on any atom is -0.357 e. The summed E-state index contributed by atoms with van der Waals surface area (Å²) < 4.78 is 2.05. The number of aromatic amines is 1. The molecule has 2 aromatic heterocycles. The quantitative estimate of drug-likeness (QED) is 0.781. The molecular formula is C18H17ClN6. The van der Waals surface area contributed by atoms with Gasteiger partial charge in [0, 0.05) is 40.8 Å². The monoisotopic (exact) mass is 352 g/mol. The normalized spacial score (nSPS) is 18.6. The molecule has 3 aromatic rings. The summed E-state index contributed by atoms with van der Waals surface area (Å²) in [6, 6.07) is 9.93. The van der Waals surface area contributed by atoms with E-state index in [9.17, 15) is 0 Å². The van der Waals surface area contributed by atoms with Crippen molar-refractivity contribution < 1.29 is 0 Å². The lowest BCUT2D eigenvalue weighted by Crippen LogP contribution is -2.39. The molecule has 0 saturated heterocycles. The van der Waals surface area contributed by atoms with Gasteiger partial charge in [-0.05, 0) is 31.0 Å². The number of nitrogens with zero attached hydrogens (tertiary/aromatic N) is 5. The van der Waals surface area contributed by atoms with Crippen molar-refractivity contribution in [3.8, 4) is 0 Å². The maximum atomic E-state index is 6.16. The van der Waals surface area contributed by atoms with Crippen LogP contribution in [0.1, 0.15) is 30.3 Å². The maximum Gasteiger partial charge on any atom is 0.175 e. The number of rotatable bonds is 3. The van der Waals surface area contributed by atoms with Crippen LogP contribution in [0.5, 0.6) is 0 Å². The predicted octanol–water partition coefficient (Wildman–Crippen LogP) is 3.74. The molecule has 0 amide bonds. The van der Waals surface area contributed by atoms with E-state index in [4.69, 9.17) is 16.6 Å². The van der Waals surface area contributed by atoms with E-state index in [0.717, 1.165) is 34.7 Å². The van der Waals surface area contributed by atoms with E-state index in [1.54, 1.807) is 0 Å². The molecule has 1 aliphatic heterocycles.